The third kappa shape index (κ3) is 2.39. The quantitative estimate of drug-likeness (QED) is 0.595. The summed E-state index contributed by atoms with van der Waals surface area (Å²) >= 11 is 1.61. The zero-order valence-electron chi connectivity index (χ0n) is 11.0. The average Bonchev–Trinajstić information content (AvgIpc) is 3.17. The third-order valence-corrected chi connectivity index (χ3v) is 3.94. The fourth-order valence-electron chi connectivity index (χ4n) is 2.12. The topological polar surface area (TPSA) is 51.0 Å². The molecule has 2 heterocycles. The van der Waals surface area contributed by atoms with E-state index in [0.717, 1.165) is 27.2 Å². The summed E-state index contributed by atoms with van der Waals surface area (Å²) in [5, 5.41) is 3.18. The molecule has 0 radical (unpaired) electrons. The minimum atomic E-state index is 0.484. The molecule has 0 aliphatic heterocycles. The molecule has 102 valence electrons. The molecule has 4 nitrogen and oxygen atoms in total. The second-order valence-electron chi connectivity index (χ2n) is 4.56. The predicted molar refractivity (Wildman–Crippen MR) is 84.8 cm³/mol. The van der Waals surface area contributed by atoms with Gasteiger partial charge in [0.05, 0.1) is 21.9 Å². The van der Waals surface area contributed by atoms with E-state index in [1.165, 1.54) is 0 Å². The Hall–Kier alpha value is -2.66. The molecule has 0 aliphatic rings. The van der Waals surface area contributed by atoms with Crippen molar-refractivity contribution in [3.05, 3.63) is 60.2 Å². The van der Waals surface area contributed by atoms with Crippen LogP contribution in [-0.4, -0.2) is 9.97 Å². The van der Waals surface area contributed by atoms with Crippen LogP contribution >= 0.6 is 11.3 Å². The first kappa shape index (κ1) is 12.1. The number of anilines is 2. The predicted octanol–water partition coefficient (Wildman–Crippen LogP) is 4.69. The molecule has 2 aromatic carbocycles. The van der Waals surface area contributed by atoms with Crippen LogP contribution in [0.5, 0.6) is 0 Å². The number of hydrogen-bond donors (Lipinski definition) is 1. The second-order valence-corrected chi connectivity index (χ2v) is 5.44. The standard InChI is InChI=1S/C16H11N3OS/c1-2-4-11(5-3-1)14-9-17-16(20-14)19-12-6-7-13-15(8-12)21-10-18-13/h1-10H,(H,17,19). The first-order chi connectivity index (χ1) is 10.4. The monoisotopic (exact) mass is 293 g/mol. The van der Waals surface area contributed by atoms with Crippen molar-refractivity contribution in [1.82, 2.24) is 9.97 Å². The Kier molecular flexibility index (Phi) is 2.90. The summed E-state index contributed by atoms with van der Waals surface area (Å²) in [7, 11) is 0. The Morgan fingerprint density at radius 3 is 2.81 bits per heavy atom. The van der Waals surface area contributed by atoms with Crippen molar-refractivity contribution in [3.8, 4) is 11.3 Å². The molecule has 21 heavy (non-hydrogen) atoms. The molecule has 0 bridgehead atoms. The molecule has 0 fully saturated rings. The smallest absolute Gasteiger partial charge is 0.299 e. The molecule has 0 unspecified atom stereocenters. The van der Waals surface area contributed by atoms with Gasteiger partial charge < -0.3 is 9.73 Å². The van der Waals surface area contributed by atoms with Crippen molar-refractivity contribution in [3.63, 3.8) is 0 Å². The lowest BCUT2D eigenvalue weighted by Crippen LogP contribution is -1.89. The van der Waals surface area contributed by atoms with Gasteiger partial charge in [0.2, 0.25) is 0 Å². The number of nitrogens with zero attached hydrogens (tertiary/aromatic N) is 2. The van der Waals surface area contributed by atoms with Crippen LogP contribution in [0.25, 0.3) is 21.5 Å². The van der Waals surface area contributed by atoms with Gasteiger partial charge >= 0.3 is 0 Å². The summed E-state index contributed by atoms with van der Waals surface area (Å²) in [6.07, 6.45) is 1.73. The van der Waals surface area contributed by atoms with Gasteiger partial charge in [-0.1, -0.05) is 30.3 Å². The molecular weight excluding hydrogens is 282 g/mol. The van der Waals surface area contributed by atoms with Gasteiger partial charge in [-0.25, -0.2) is 9.97 Å². The average molecular weight is 293 g/mol. The summed E-state index contributed by atoms with van der Waals surface area (Å²) < 4.78 is 6.87. The molecule has 0 spiro atoms. The van der Waals surface area contributed by atoms with Crippen LogP contribution in [0.4, 0.5) is 11.7 Å². The zero-order valence-corrected chi connectivity index (χ0v) is 11.8. The van der Waals surface area contributed by atoms with E-state index in [-0.39, 0.29) is 0 Å². The van der Waals surface area contributed by atoms with Crippen molar-refractivity contribution in [2.24, 2.45) is 0 Å². The lowest BCUT2D eigenvalue weighted by atomic mass is 10.2. The Bertz CT molecular complexity index is 883. The van der Waals surface area contributed by atoms with E-state index in [1.807, 2.05) is 54.0 Å². The van der Waals surface area contributed by atoms with Gasteiger partial charge in [0, 0.05) is 11.3 Å². The van der Waals surface area contributed by atoms with Gasteiger partial charge in [0.1, 0.15) is 0 Å². The second kappa shape index (κ2) is 5.03. The van der Waals surface area contributed by atoms with Crippen LogP contribution in [0.2, 0.25) is 0 Å². The van der Waals surface area contributed by atoms with Gasteiger partial charge in [0.25, 0.3) is 6.01 Å². The molecule has 2 aromatic heterocycles. The minimum Gasteiger partial charge on any atom is -0.423 e. The van der Waals surface area contributed by atoms with Gasteiger partial charge in [-0.15, -0.1) is 11.3 Å². The molecule has 0 amide bonds. The van der Waals surface area contributed by atoms with Gasteiger partial charge in [0.15, 0.2) is 5.76 Å². The molecule has 4 rings (SSSR count). The van der Waals surface area contributed by atoms with Gasteiger partial charge in [-0.2, -0.15) is 0 Å². The highest BCUT2D eigenvalue weighted by Crippen LogP contribution is 2.26. The number of nitrogens with one attached hydrogen (secondary N) is 1. The SMILES string of the molecule is c1ccc(-c2cnc(Nc3ccc4ncsc4c3)o2)cc1. The fourth-order valence-corrected chi connectivity index (χ4v) is 2.84. The van der Waals surface area contributed by atoms with Crippen molar-refractivity contribution in [2.45, 2.75) is 0 Å². The lowest BCUT2D eigenvalue weighted by molar-refractivity contribution is 0.592. The Morgan fingerprint density at radius 1 is 1.00 bits per heavy atom. The maximum Gasteiger partial charge on any atom is 0.299 e. The molecule has 4 aromatic rings. The van der Waals surface area contributed by atoms with Crippen molar-refractivity contribution in [1.29, 1.82) is 0 Å². The first-order valence-electron chi connectivity index (χ1n) is 6.50. The minimum absolute atomic E-state index is 0.484. The molecule has 5 heteroatoms. The number of fused-ring (bicyclic) bond motifs is 1. The van der Waals surface area contributed by atoms with E-state index in [0.29, 0.717) is 6.01 Å². The van der Waals surface area contributed by atoms with Crippen molar-refractivity contribution < 1.29 is 4.42 Å². The van der Waals surface area contributed by atoms with Crippen LogP contribution in [0.1, 0.15) is 0 Å². The molecule has 1 N–H and O–H groups in total. The zero-order chi connectivity index (χ0) is 14.1. The molecule has 0 saturated heterocycles. The van der Waals surface area contributed by atoms with Crippen LogP contribution in [0.3, 0.4) is 0 Å². The summed E-state index contributed by atoms with van der Waals surface area (Å²) in [6.45, 7) is 0. The van der Waals surface area contributed by atoms with E-state index < -0.39 is 0 Å². The Labute approximate surface area is 125 Å². The maximum atomic E-state index is 5.73. The fraction of sp³-hybridized carbons (Fsp3) is 0. The van der Waals surface area contributed by atoms with Crippen LogP contribution < -0.4 is 5.32 Å². The van der Waals surface area contributed by atoms with Gasteiger partial charge in [-0.05, 0) is 18.2 Å². The summed E-state index contributed by atoms with van der Waals surface area (Å²) in [4.78, 5) is 8.53. The van der Waals surface area contributed by atoms with Crippen LogP contribution in [0, 0.1) is 0 Å². The highest BCUT2D eigenvalue weighted by Gasteiger charge is 2.07. The summed E-state index contributed by atoms with van der Waals surface area (Å²) in [5.74, 6) is 0.747. The Morgan fingerprint density at radius 2 is 1.90 bits per heavy atom. The molecule has 0 atom stereocenters. The maximum absolute atomic E-state index is 5.73. The first-order valence-corrected chi connectivity index (χ1v) is 7.38. The summed E-state index contributed by atoms with van der Waals surface area (Å²) in [6, 6.07) is 16.4. The lowest BCUT2D eigenvalue weighted by Gasteiger charge is -2.01. The number of thiazole rings is 1. The third-order valence-electron chi connectivity index (χ3n) is 3.15. The van der Waals surface area contributed by atoms with Crippen LogP contribution in [0.15, 0.2) is 64.7 Å². The van der Waals surface area contributed by atoms with Gasteiger partial charge in [-0.3, -0.25) is 0 Å². The highest BCUT2D eigenvalue weighted by molar-refractivity contribution is 7.16. The van der Waals surface area contributed by atoms with Crippen molar-refractivity contribution in [2.75, 3.05) is 5.32 Å². The Balaban J connectivity index is 1.61. The van der Waals surface area contributed by atoms with E-state index in [4.69, 9.17) is 4.42 Å². The normalized spacial score (nSPS) is 10.9. The number of benzene rings is 2. The number of hydrogen-bond acceptors (Lipinski definition) is 5. The highest BCUT2D eigenvalue weighted by atomic mass is 32.1. The van der Waals surface area contributed by atoms with E-state index in [9.17, 15) is 0 Å². The number of aromatic nitrogens is 2. The van der Waals surface area contributed by atoms with Crippen LogP contribution in [-0.2, 0) is 0 Å². The molecule has 0 saturated carbocycles. The van der Waals surface area contributed by atoms with Crippen molar-refractivity contribution >= 4 is 33.3 Å². The van der Waals surface area contributed by atoms with E-state index in [2.05, 4.69) is 15.3 Å². The summed E-state index contributed by atoms with van der Waals surface area (Å²) in [5.41, 5.74) is 4.79. The molecule has 0 aliphatic carbocycles. The number of oxazole rings is 1. The van der Waals surface area contributed by atoms with E-state index in [1.54, 1.807) is 17.5 Å². The molecular formula is C16H11N3OS. The number of rotatable bonds is 3. The van der Waals surface area contributed by atoms with E-state index >= 15 is 0 Å². The largest absolute Gasteiger partial charge is 0.423 e.